The molecule has 0 aliphatic carbocycles. The zero-order valence-corrected chi connectivity index (χ0v) is 7.61. The second-order valence-electron chi connectivity index (χ2n) is 2.50. The predicted octanol–water partition coefficient (Wildman–Crippen LogP) is 0.162. The molecule has 5 N–H and O–H groups in total. The van der Waals surface area contributed by atoms with E-state index >= 15 is 0 Å². The van der Waals surface area contributed by atoms with E-state index in [9.17, 15) is 17.2 Å². The van der Waals surface area contributed by atoms with Crippen LogP contribution in [-0.2, 0) is 10.2 Å². The lowest BCUT2D eigenvalue weighted by Gasteiger charge is -2.06. The van der Waals surface area contributed by atoms with Gasteiger partial charge in [0, 0.05) is 6.07 Å². The number of nitrogen functional groups attached to an aromatic ring is 1. The molecule has 0 saturated carbocycles. The number of halogens is 2. The molecule has 0 heterocycles. The first-order valence-corrected chi connectivity index (χ1v) is 4.89. The molecule has 78 valence electrons. The summed E-state index contributed by atoms with van der Waals surface area (Å²) in [5.74, 6) is -2.06. The van der Waals surface area contributed by atoms with Gasteiger partial charge in [-0.1, -0.05) is 0 Å². The highest BCUT2D eigenvalue weighted by Gasteiger charge is 2.11. The van der Waals surface area contributed by atoms with E-state index in [4.69, 9.17) is 5.73 Å². The van der Waals surface area contributed by atoms with Crippen molar-refractivity contribution < 1.29 is 17.2 Å². The van der Waals surface area contributed by atoms with Crippen LogP contribution in [0.25, 0.3) is 0 Å². The first-order chi connectivity index (χ1) is 6.29. The molecule has 0 aliphatic rings. The maximum atomic E-state index is 12.9. The summed E-state index contributed by atoms with van der Waals surface area (Å²) >= 11 is 0. The molecule has 0 amide bonds. The highest BCUT2D eigenvalue weighted by molar-refractivity contribution is 7.90. The van der Waals surface area contributed by atoms with Crippen molar-refractivity contribution >= 4 is 21.6 Å². The Morgan fingerprint density at radius 3 is 2.29 bits per heavy atom. The highest BCUT2D eigenvalue weighted by atomic mass is 32.2. The molecule has 0 bridgehead atoms. The summed E-state index contributed by atoms with van der Waals surface area (Å²) in [6.07, 6.45) is 0. The van der Waals surface area contributed by atoms with E-state index in [1.54, 1.807) is 4.72 Å². The van der Waals surface area contributed by atoms with E-state index in [0.29, 0.717) is 6.07 Å². The van der Waals surface area contributed by atoms with E-state index in [-0.39, 0.29) is 5.69 Å². The number of hydrogen-bond donors (Lipinski definition) is 3. The second kappa shape index (κ2) is 3.39. The normalized spacial score (nSPS) is 11.4. The van der Waals surface area contributed by atoms with Gasteiger partial charge < -0.3 is 5.73 Å². The topological polar surface area (TPSA) is 98.2 Å². The molecule has 1 aromatic rings. The summed E-state index contributed by atoms with van der Waals surface area (Å²) in [6, 6.07) is 1.26. The van der Waals surface area contributed by atoms with E-state index in [0.717, 1.165) is 6.07 Å². The van der Waals surface area contributed by atoms with Crippen LogP contribution >= 0.6 is 0 Å². The van der Waals surface area contributed by atoms with Crippen molar-refractivity contribution in [3.63, 3.8) is 0 Å². The molecule has 0 atom stereocenters. The lowest BCUT2D eigenvalue weighted by molar-refractivity contribution is 0.585. The van der Waals surface area contributed by atoms with Crippen molar-refractivity contribution in [2.24, 2.45) is 5.14 Å². The predicted molar refractivity (Wildman–Crippen MR) is 47.5 cm³/mol. The van der Waals surface area contributed by atoms with Gasteiger partial charge in [-0.3, -0.25) is 4.72 Å². The SMILES string of the molecule is Nc1cc(NS(N)(=O)=O)c(F)cc1F. The van der Waals surface area contributed by atoms with E-state index in [1.807, 2.05) is 0 Å². The van der Waals surface area contributed by atoms with Crippen molar-refractivity contribution in [1.29, 1.82) is 0 Å². The minimum atomic E-state index is -4.10. The quantitative estimate of drug-likeness (QED) is 0.623. The van der Waals surface area contributed by atoms with Gasteiger partial charge in [0.2, 0.25) is 0 Å². The first-order valence-electron chi connectivity index (χ1n) is 3.34. The van der Waals surface area contributed by atoms with Gasteiger partial charge in [-0.2, -0.15) is 8.42 Å². The maximum absolute atomic E-state index is 12.9. The Bertz CT molecular complexity index is 460. The smallest absolute Gasteiger partial charge is 0.296 e. The molecule has 1 aromatic carbocycles. The minimum Gasteiger partial charge on any atom is -0.396 e. The molecular formula is C6H7F2N3O2S. The van der Waals surface area contributed by atoms with Crippen LogP contribution in [0.3, 0.4) is 0 Å². The number of nitrogens with one attached hydrogen (secondary N) is 1. The molecule has 0 unspecified atom stereocenters. The largest absolute Gasteiger partial charge is 0.396 e. The Labute approximate surface area is 78.9 Å². The summed E-state index contributed by atoms with van der Waals surface area (Å²) < 4.78 is 48.2. The molecule has 0 radical (unpaired) electrons. The fourth-order valence-electron chi connectivity index (χ4n) is 0.797. The van der Waals surface area contributed by atoms with Gasteiger partial charge in [0.25, 0.3) is 10.2 Å². The second-order valence-corrected chi connectivity index (χ2v) is 3.79. The number of hydrogen-bond acceptors (Lipinski definition) is 3. The van der Waals surface area contributed by atoms with Crippen LogP contribution in [0.15, 0.2) is 12.1 Å². The highest BCUT2D eigenvalue weighted by Crippen LogP contribution is 2.21. The number of benzene rings is 1. The average molecular weight is 223 g/mol. The van der Waals surface area contributed by atoms with Crippen molar-refractivity contribution in [3.05, 3.63) is 23.8 Å². The monoisotopic (exact) mass is 223 g/mol. The third-order valence-corrected chi connectivity index (χ3v) is 1.84. The van der Waals surface area contributed by atoms with Crippen LogP contribution in [0.2, 0.25) is 0 Å². The zero-order valence-electron chi connectivity index (χ0n) is 6.79. The van der Waals surface area contributed by atoms with E-state index in [2.05, 4.69) is 5.14 Å². The Kier molecular flexibility index (Phi) is 2.58. The van der Waals surface area contributed by atoms with Gasteiger partial charge in [0.1, 0.15) is 11.6 Å². The molecule has 14 heavy (non-hydrogen) atoms. The van der Waals surface area contributed by atoms with Gasteiger partial charge in [0.15, 0.2) is 0 Å². The maximum Gasteiger partial charge on any atom is 0.296 e. The van der Waals surface area contributed by atoms with Crippen molar-refractivity contribution in [1.82, 2.24) is 0 Å². The molecule has 5 nitrogen and oxygen atoms in total. The zero-order chi connectivity index (χ0) is 10.9. The van der Waals surface area contributed by atoms with E-state index in [1.165, 1.54) is 0 Å². The standard InChI is InChI=1S/C6H7F2N3O2S/c7-3-1-4(8)6(2-5(3)9)11-14(10,12)13/h1-2,11H,9H2,(H2,10,12,13). The Morgan fingerprint density at radius 2 is 1.79 bits per heavy atom. The van der Waals surface area contributed by atoms with E-state index < -0.39 is 27.5 Å². The first kappa shape index (κ1) is 10.7. The van der Waals surface area contributed by atoms with Crippen LogP contribution in [0, 0.1) is 11.6 Å². The third-order valence-electron chi connectivity index (χ3n) is 1.34. The summed E-state index contributed by atoms with van der Waals surface area (Å²) in [7, 11) is -4.10. The number of rotatable bonds is 2. The molecule has 1 rings (SSSR count). The lowest BCUT2D eigenvalue weighted by atomic mass is 10.2. The Morgan fingerprint density at radius 1 is 1.21 bits per heavy atom. The van der Waals surface area contributed by atoms with Gasteiger partial charge in [0.05, 0.1) is 11.4 Å². The summed E-state index contributed by atoms with van der Waals surface area (Å²) in [5.41, 5.74) is 4.22. The van der Waals surface area contributed by atoms with Crippen molar-refractivity contribution in [3.8, 4) is 0 Å². The average Bonchev–Trinajstić information content (AvgIpc) is 1.97. The Balaban J connectivity index is 3.17. The van der Waals surface area contributed by atoms with Gasteiger partial charge in [-0.05, 0) is 6.07 Å². The minimum absolute atomic E-state index is 0.377. The fourth-order valence-corrected chi connectivity index (χ4v) is 1.26. The van der Waals surface area contributed by atoms with Crippen LogP contribution in [0.4, 0.5) is 20.2 Å². The van der Waals surface area contributed by atoms with Crippen LogP contribution in [-0.4, -0.2) is 8.42 Å². The molecule has 0 aromatic heterocycles. The van der Waals surface area contributed by atoms with Gasteiger partial charge >= 0.3 is 0 Å². The van der Waals surface area contributed by atoms with Gasteiger partial charge in [-0.15, -0.1) is 0 Å². The third kappa shape index (κ3) is 2.54. The lowest BCUT2D eigenvalue weighted by Crippen LogP contribution is -2.22. The molecule has 0 aliphatic heterocycles. The molecule has 0 fully saturated rings. The van der Waals surface area contributed by atoms with Crippen LogP contribution in [0.5, 0.6) is 0 Å². The molecule has 8 heteroatoms. The summed E-state index contributed by atoms with van der Waals surface area (Å²) in [4.78, 5) is 0. The van der Waals surface area contributed by atoms with Crippen LogP contribution < -0.4 is 15.6 Å². The van der Waals surface area contributed by atoms with Crippen molar-refractivity contribution in [2.45, 2.75) is 0 Å². The fraction of sp³-hybridized carbons (Fsp3) is 0. The number of nitrogens with two attached hydrogens (primary N) is 2. The van der Waals surface area contributed by atoms with Crippen LogP contribution in [0.1, 0.15) is 0 Å². The summed E-state index contributed by atoms with van der Waals surface area (Å²) in [5, 5.41) is 4.58. The molecule has 0 spiro atoms. The number of anilines is 2. The van der Waals surface area contributed by atoms with Gasteiger partial charge in [-0.25, -0.2) is 13.9 Å². The Hall–Kier alpha value is -1.41. The molecular weight excluding hydrogens is 216 g/mol. The summed E-state index contributed by atoms with van der Waals surface area (Å²) in [6.45, 7) is 0. The molecule has 0 saturated heterocycles. The van der Waals surface area contributed by atoms with Crippen molar-refractivity contribution in [2.75, 3.05) is 10.5 Å².